The van der Waals surface area contributed by atoms with Crippen LogP contribution < -0.4 is 10.1 Å². The fourth-order valence-corrected chi connectivity index (χ4v) is 1.42. The second kappa shape index (κ2) is 8.29. The first-order chi connectivity index (χ1) is 9.17. The smallest absolute Gasteiger partial charge is 0.251 e. The van der Waals surface area contributed by atoms with Crippen molar-refractivity contribution in [3.63, 3.8) is 0 Å². The minimum Gasteiger partial charge on any atom is -0.490 e. The van der Waals surface area contributed by atoms with E-state index in [1.54, 1.807) is 30.3 Å². The molecule has 19 heavy (non-hydrogen) atoms. The number of hydrogen-bond donors (Lipinski definition) is 2. The summed E-state index contributed by atoms with van der Waals surface area (Å²) in [5.74, 6) is 0.432. The molecule has 0 fully saturated rings. The maximum Gasteiger partial charge on any atom is 0.251 e. The zero-order chi connectivity index (χ0) is 14.1. The van der Waals surface area contributed by atoms with Crippen LogP contribution in [0.15, 0.2) is 36.9 Å². The molecule has 1 aromatic rings. The number of nitrogens with one attached hydrogen (secondary N) is 1. The van der Waals surface area contributed by atoms with Crippen molar-refractivity contribution in [3.8, 4) is 5.75 Å². The van der Waals surface area contributed by atoms with Crippen LogP contribution in [0.25, 0.3) is 0 Å². The van der Waals surface area contributed by atoms with Gasteiger partial charge in [0.05, 0.1) is 12.7 Å². The first-order valence-corrected chi connectivity index (χ1v) is 5.96. The largest absolute Gasteiger partial charge is 0.490 e. The molecule has 0 aliphatic rings. The highest BCUT2D eigenvalue weighted by Gasteiger charge is 2.08. The van der Waals surface area contributed by atoms with Crippen molar-refractivity contribution in [2.75, 3.05) is 26.9 Å². The van der Waals surface area contributed by atoms with Crippen LogP contribution >= 0.6 is 0 Å². The lowest BCUT2D eigenvalue weighted by atomic mass is 10.2. The molecule has 1 unspecified atom stereocenters. The van der Waals surface area contributed by atoms with Gasteiger partial charge in [-0.2, -0.15) is 0 Å². The minimum atomic E-state index is -0.704. The standard InChI is InChI=1S/C14H19NO4/c1-3-8-19-13-6-4-11(5-7-13)14(17)15-9-12(16)10-18-2/h3-7,12,16H,1,8-10H2,2H3,(H,15,17). The van der Waals surface area contributed by atoms with Crippen LogP contribution in [-0.4, -0.2) is 44.0 Å². The third kappa shape index (κ3) is 5.54. The number of rotatable bonds is 8. The van der Waals surface area contributed by atoms with Crippen LogP contribution in [0.3, 0.4) is 0 Å². The van der Waals surface area contributed by atoms with Gasteiger partial charge in [-0.05, 0) is 24.3 Å². The van der Waals surface area contributed by atoms with Crippen molar-refractivity contribution >= 4 is 5.91 Å². The van der Waals surface area contributed by atoms with E-state index in [0.29, 0.717) is 17.9 Å². The quantitative estimate of drug-likeness (QED) is 0.688. The Hall–Kier alpha value is -1.85. The molecule has 0 heterocycles. The third-order valence-electron chi connectivity index (χ3n) is 2.34. The Morgan fingerprint density at radius 2 is 2.16 bits per heavy atom. The summed E-state index contributed by atoms with van der Waals surface area (Å²) in [6.45, 7) is 4.32. The fraction of sp³-hybridized carbons (Fsp3) is 0.357. The SMILES string of the molecule is C=CCOc1ccc(C(=O)NCC(O)COC)cc1. The molecule has 0 aliphatic carbocycles. The van der Waals surface area contributed by atoms with Crippen LogP contribution in [0.2, 0.25) is 0 Å². The van der Waals surface area contributed by atoms with Crippen molar-refractivity contribution in [2.45, 2.75) is 6.10 Å². The topological polar surface area (TPSA) is 67.8 Å². The van der Waals surface area contributed by atoms with Gasteiger partial charge < -0.3 is 19.9 Å². The summed E-state index contributed by atoms with van der Waals surface area (Å²) in [5.41, 5.74) is 0.510. The Balaban J connectivity index is 2.46. The van der Waals surface area contributed by atoms with E-state index in [0.717, 1.165) is 0 Å². The Kier molecular flexibility index (Phi) is 6.63. The maximum atomic E-state index is 11.8. The summed E-state index contributed by atoms with van der Waals surface area (Å²) >= 11 is 0. The molecule has 0 radical (unpaired) electrons. The van der Waals surface area contributed by atoms with Gasteiger partial charge in [0, 0.05) is 19.2 Å². The van der Waals surface area contributed by atoms with E-state index in [2.05, 4.69) is 11.9 Å². The van der Waals surface area contributed by atoms with E-state index in [1.165, 1.54) is 7.11 Å². The fourth-order valence-electron chi connectivity index (χ4n) is 1.42. The van der Waals surface area contributed by atoms with E-state index in [4.69, 9.17) is 9.47 Å². The first kappa shape index (κ1) is 15.2. The van der Waals surface area contributed by atoms with Crippen molar-refractivity contribution in [2.24, 2.45) is 0 Å². The van der Waals surface area contributed by atoms with Gasteiger partial charge in [-0.15, -0.1) is 0 Å². The molecule has 1 rings (SSSR count). The van der Waals surface area contributed by atoms with Gasteiger partial charge in [-0.1, -0.05) is 12.7 Å². The molecule has 1 aromatic carbocycles. The molecule has 0 spiro atoms. The second-order valence-electron chi connectivity index (χ2n) is 3.94. The van der Waals surface area contributed by atoms with Gasteiger partial charge in [0.25, 0.3) is 5.91 Å². The van der Waals surface area contributed by atoms with Gasteiger partial charge in [0.1, 0.15) is 12.4 Å². The summed E-state index contributed by atoms with van der Waals surface area (Å²) < 4.78 is 10.1. The van der Waals surface area contributed by atoms with E-state index in [1.807, 2.05) is 0 Å². The Labute approximate surface area is 112 Å². The minimum absolute atomic E-state index is 0.154. The lowest BCUT2D eigenvalue weighted by molar-refractivity contribution is 0.0610. The predicted octanol–water partition coefficient (Wildman–Crippen LogP) is 0.988. The number of aliphatic hydroxyl groups excluding tert-OH is 1. The number of ether oxygens (including phenoxy) is 2. The van der Waals surface area contributed by atoms with E-state index in [-0.39, 0.29) is 19.1 Å². The maximum absolute atomic E-state index is 11.8. The van der Waals surface area contributed by atoms with Crippen LogP contribution in [-0.2, 0) is 4.74 Å². The lowest BCUT2D eigenvalue weighted by Crippen LogP contribution is -2.34. The molecule has 0 saturated heterocycles. The Morgan fingerprint density at radius 3 is 2.74 bits per heavy atom. The zero-order valence-corrected chi connectivity index (χ0v) is 11.0. The second-order valence-corrected chi connectivity index (χ2v) is 3.94. The summed E-state index contributed by atoms with van der Waals surface area (Å²) in [5, 5.41) is 12.0. The molecule has 0 bridgehead atoms. The molecule has 104 valence electrons. The summed E-state index contributed by atoms with van der Waals surface area (Å²) in [6, 6.07) is 6.75. The van der Waals surface area contributed by atoms with Crippen LogP contribution in [0.4, 0.5) is 0 Å². The van der Waals surface area contributed by atoms with Crippen molar-refractivity contribution in [1.29, 1.82) is 0 Å². The van der Waals surface area contributed by atoms with Crippen LogP contribution in [0.1, 0.15) is 10.4 Å². The van der Waals surface area contributed by atoms with E-state index in [9.17, 15) is 9.90 Å². The summed E-state index contributed by atoms with van der Waals surface area (Å²) in [7, 11) is 1.49. The average molecular weight is 265 g/mol. The molecule has 5 heteroatoms. The number of benzene rings is 1. The zero-order valence-electron chi connectivity index (χ0n) is 11.0. The molecule has 1 atom stereocenters. The van der Waals surface area contributed by atoms with Gasteiger partial charge in [0.15, 0.2) is 0 Å². The Bertz CT molecular complexity index is 402. The molecular weight excluding hydrogens is 246 g/mol. The number of carbonyl (C=O) groups excluding carboxylic acids is 1. The predicted molar refractivity (Wildman–Crippen MR) is 72.4 cm³/mol. The molecule has 0 aliphatic heterocycles. The highest BCUT2D eigenvalue weighted by atomic mass is 16.5. The highest BCUT2D eigenvalue weighted by molar-refractivity contribution is 5.94. The van der Waals surface area contributed by atoms with Crippen molar-refractivity contribution in [3.05, 3.63) is 42.5 Å². The summed E-state index contributed by atoms with van der Waals surface area (Å²) in [6.07, 6.45) is 0.946. The first-order valence-electron chi connectivity index (χ1n) is 5.96. The molecule has 5 nitrogen and oxygen atoms in total. The number of methoxy groups -OCH3 is 1. The molecule has 0 saturated carbocycles. The van der Waals surface area contributed by atoms with Crippen molar-refractivity contribution in [1.82, 2.24) is 5.32 Å². The molecule has 0 aromatic heterocycles. The normalized spacial score (nSPS) is 11.7. The van der Waals surface area contributed by atoms with Gasteiger partial charge in [0.2, 0.25) is 0 Å². The molecule has 2 N–H and O–H groups in total. The number of carbonyl (C=O) groups is 1. The average Bonchev–Trinajstić information content (AvgIpc) is 2.43. The van der Waals surface area contributed by atoms with E-state index >= 15 is 0 Å². The van der Waals surface area contributed by atoms with Crippen LogP contribution in [0.5, 0.6) is 5.75 Å². The number of hydrogen-bond acceptors (Lipinski definition) is 4. The number of aliphatic hydroxyl groups is 1. The highest BCUT2D eigenvalue weighted by Crippen LogP contribution is 2.12. The molecular formula is C14H19NO4. The third-order valence-corrected chi connectivity index (χ3v) is 2.34. The van der Waals surface area contributed by atoms with Crippen molar-refractivity contribution < 1.29 is 19.4 Å². The number of amides is 1. The monoisotopic (exact) mass is 265 g/mol. The van der Waals surface area contributed by atoms with Gasteiger partial charge in [-0.3, -0.25) is 4.79 Å². The van der Waals surface area contributed by atoms with Gasteiger partial charge >= 0.3 is 0 Å². The summed E-state index contributed by atoms with van der Waals surface area (Å²) in [4.78, 5) is 11.8. The lowest BCUT2D eigenvalue weighted by Gasteiger charge is -2.11. The van der Waals surface area contributed by atoms with E-state index < -0.39 is 6.10 Å². The molecule has 1 amide bonds. The van der Waals surface area contributed by atoms with Gasteiger partial charge in [-0.25, -0.2) is 0 Å². The Morgan fingerprint density at radius 1 is 1.47 bits per heavy atom. The van der Waals surface area contributed by atoms with Crippen LogP contribution in [0, 0.1) is 0 Å².